The number of nitrogens with two attached hydrogens (primary N) is 1. The highest BCUT2D eigenvalue weighted by Crippen LogP contribution is 2.18. The molecule has 1 atom stereocenters. The maximum Gasteiger partial charge on any atom is 0.141 e. The third-order valence-electron chi connectivity index (χ3n) is 3.26. The molecule has 0 spiro atoms. The average molecular weight is 292 g/mol. The summed E-state index contributed by atoms with van der Waals surface area (Å²) in [7, 11) is 0. The molecule has 2 N–H and O–H groups in total. The monoisotopic (exact) mass is 291 g/mol. The van der Waals surface area contributed by atoms with Crippen molar-refractivity contribution in [2.24, 2.45) is 5.73 Å². The summed E-state index contributed by atoms with van der Waals surface area (Å²) in [5, 5.41) is 0.154. The SMILES string of the molecule is Cc1cc(C)cc(CC(N)Cc2ccc(F)c(Cl)c2)c1. The van der Waals surface area contributed by atoms with Crippen molar-refractivity contribution in [2.75, 3.05) is 0 Å². The van der Waals surface area contributed by atoms with Gasteiger partial charge in [0.2, 0.25) is 0 Å². The van der Waals surface area contributed by atoms with Gasteiger partial charge in [-0.3, -0.25) is 0 Å². The van der Waals surface area contributed by atoms with Crippen molar-refractivity contribution in [3.8, 4) is 0 Å². The molecular weight excluding hydrogens is 273 g/mol. The van der Waals surface area contributed by atoms with Crippen molar-refractivity contribution in [1.29, 1.82) is 0 Å². The maximum absolute atomic E-state index is 13.1. The molecule has 0 aromatic heterocycles. The van der Waals surface area contributed by atoms with Gasteiger partial charge in [-0.15, -0.1) is 0 Å². The molecule has 0 aliphatic carbocycles. The molecular formula is C17H19ClFN. The normalized spacial score (nSPS) is 12.4. The van der Waals surface area contributed by atoms with Gasteiger partial charge in [-0.2, -0.15) is 0 Å². The number of rotatable bonds is 4. The lowest BCUT2D eigenvalue weighted by Crippen LogP contribution is -2.25. The number of aryl methyl sites for hydroxylation is 2. The number of benzene rings is 2. The molecule has 2 aromatic carbocycles. The third-order valence-corrected chi connectivity index (χ3v) is 3.55. The van der Waals surface area contributed by atoms with Crippen molar-refractivity contribution in [3.05, 3.63) is 69.5 Å². The van der Waals surface area contributed by atoms with Crippen LogP contribution in [0.15, 0.2) is 36.4 Å². The molecule has 0 fully saturated rings. The Balaban J connectivity index is 2.04. The molecule has 0 heterocycles. The Morgan fingerprint density at radius 1 is 1.00 bits per heavy atom. The molecule has 0 bridgehead atoms. The quantitative estimate of drug-likeness (QED) is 0.897. The van der Waals surface area contributed by atoms with E-state index in [1.54, 1.807) is 12.1 Å². The Morgan fingerprint density at radius 2 is 1.60 bits per heavy atom. The summed E-state index contributed by atoms with van der Waals surface area (Å²) in [6.07, 6.45) is 1.49. The number of halogens is 2. The van der Waals surface area contributed by atoms with Crippen molar-refractivity contribution < 1.29 is 4.39 Å². The van der Waals surface area contributed by atoms with Gasteiger partial charge in [-0.25, -0.2) is 4.39 Å². The largest absolute Gasteiger partial charge is 0.327 e. The van der Waals surface area contributed by atoms with Crippen molar-refractivity contribution in [1.82, 2.24) is 0 Å². The maximum atomic E-state index is 13.1. The standard InChI is InChI=1S/C17H19ClFN/c1-11-5-12(2)7-14(6-11)9-15(20)8-13-3-4-17(19)16(18)10-13/h3-7,10,15H,8-9,20H2,1-2H3. The zero-order chi connectivity index (χ0) is 14.7. The third kappa shape index (κ3) is 4.06. The summed E-state index contributed by atoms with van der Waals surface area (Å²) in [5.74, 6) is -0.390. The van der Waals surface area contributed by atoms with Crippen LogP contribution in [0.5, 0.6) is 0 Å². The second-order valence-electron chi connectivity index (χ2n) is 5.41. The summed E-state index contributed by atoms with van der Waals surface area (Å²) < 4.78 is 13.1. The van der Waals surface area contributed by atoms with Crippen LogP contribution in [0.25, 0.3) is 0 Å². The van der Waals surface area contributed by atoms with Crippen LogP contribution in [0.1, 0.15) is 22.3 Å². The highest BCUT2D eigenvalue weighted by atomic mass is 35.5. The minimum absolute atomic E-state index is 0.00210. The molecule has 0 radical (unpaired) electrons. The second kappa shape index (κ2) is 6.38. The number of hydrogen-bond donors (Lipinski definition) is 1. The van der Waals surface area contributed by atoms with Crippen LogP contribution in [0.2, 0.25) is 5.02 Å². The van der Waals surface area contributed by atoms with Crippen LogP contribution in [0.3, 0.4) is 0 Å². The zero-order valence-electron chi connectivity index (χ0n) is 11.8. The minimum atomic E-state index is -0.390. The lowest BCUT2D eigenvalue weighted by atomic mass is 9.97. The molecule has 0 saturated heterocycles. The smallest absolute Gasteiger partial charge is 0.141 e. The van der Waals surface area contributed by atoms with E-state index in [-0.39, 0.29) is 11.1 Å². The Kier molecular flexibility index (Phi) is 4.79. The molecule has 0 amide bonds. The van der Waals surface area contributed by atoms with E-state index in [0.717, 1.165) is 12.0 Å². The van der Waals surface area contributed by atoms with Gasteiger partial charge < -0.3 is 5.73 Å². The van der Waals surface area contributed by atoms with Crippen LogP contribution in [-0.2, 0) is 12.8 Å². The van der Waals surface area contributed by atoms with Crippen LogP contribution >= 0.6 is 11.6 Å². The van der Waals surface area contributed by atoms with Gasteiger partial charge >= 0.3 is 0 Å². The average Bonchev–Trinajstić information content (AvgIpc) is 2.32. The van der Waals surface area contributed by atoms with Gasteiger partial charge in [-0.1, -0.05) is 47.0 Å². The molecule has 0 aliphatic rings. The van der Waals surface area contributed by atoms with E-state index in [4.69, 9.17) is 17.3 Å². The summed E-state index contributed by atoms with van der Waals surface area (Å²) in [4.78, 5) is 0. The van der Waals surface area contributed by atoms with E-state index < -0.39 is 5.82 Å². The Hall–Kier alpha value is -1.38. The van der Waals surface area contributed by atoms with E-state index in [0.29, 0.717) is 6.42 Å². The summed E-state index contributed by atoms with van der Waals surface area (Å²) in [5.41, 5.74) is 10.9. The molecule has 20 heavy (non-hydrogen) atoms. The fraction of sp³-hybridized carbons (Fsp3) is 0.294. The number of hydrogen-bond acceptors (Lipinski definition) is 1. The first-order valence-electron chi connectivity index (χ1n) is 6.70. The van der Waals surface area contributed by atoms with Crippen molar-refractivity contribution >= 4 is 11.6 Å². The van der Waals surface area contributed by atoms with Crippen LogP contribution in [-0.4, -0.2) is 6.04 Å². The van der Waals surface area contributed by atoms with E-state index in [9.17, 15) is 4.39 Å². The molecule has 0 aliphatic heterocycles. The highest BCUT2D eigenvalue weighted by Gasteiger charge is 2.08. The first-order valence-corrected chi connectivity index (χ1v) is 7.08. The van der Waals surface area contributed by atoms with Gasteiger partial charge in [0, 0.05) is 6.04 Å². The van der Waals surface area contributed by atoms with Gasteiger partial charge in [0.15, 0.2) is 0 Å². The Labute approximate surface area is 124 Å². The lowest BCUT2D eigenvalue weighted by Gasteiger charge is -2.13. The van der Waals surface area contributed by atoms with Crippen LogP contribution in [0, 0.1) is 19.7 Å². The van der Waals surface area contributed by atoms with Crippen LogP contribution < -0.4 is 5.73 Å². The first kappa shape index (κ1) is 15.0. The minimum Gasteiger partial charge on any atom is -0.327 e. The van der Waals surface area contributed by atoms with E-state index in [2.05, 4.69) is 32.0 Å². The molecule has 1 nitrogen and oxygen atoms in total. The van der Waals surface area contributed by atoms with Gasteiger partial charge in [0.25, 0.3) is 0 Å². The van der Waals surface area contributed by atoms with Gasteiger partial charge in [0.05, 0.1) is 5.02 Å². The predicted octanol–water partition coefficient (Wildman–Crippen LogP) is 4.21. The second-order valence-corrected chi connectivity index (χ2v) is 5.82. The summed E-state index contributed by atoms with van der Waals surface area (Å²) in [6, 6.07) is 11.2. The fourth-order valence-corrected chi connectivity index (χ4v) is 2.73. The van der Waals surface area contributed by atoms with E-state index in [1.807, 2.05) is 0 Å². The van der Waals surface area contributed by atoms with Crippen molar-refractivity contribution in [3.63, 3.8) is 0 Å². The first-order chi connectivity index (χ1) is 9.44. The predicted molar refractivity (Wildman–Crippen MR) is 82.7 cm³/mol. The van der Waals surface area contributed by atoms with Crippen molar-refractivity contribution in [2.45, 2.75) is 32.7 Å². The molecule has 2 aromatic rings. The lowest BCUT2D eigenvalue weighted by molar-refractivity contribution is 0.624. The molecule has 3 heteroatoms. The Bertz CT molecular complexity index is 590. The zero-order valence-corrected chi connectivity index (χ0v) is 12.5. The van der Waals surface area contributed by atoms with E-state index >= 15 is 0 Å². The van der Waals surface area contributed by atoms with Crippen LogP contribution in [0.4, 0.5) is 4.39 Å². The molecule has 1 unspecified atom stereocenters. The fourth-order valence-electron chi connectivity index (χ4n) is 2.53. The molecule has 106 valence electrons. The highest BCUT2D eigenvalue weighted by molar-refractivity contribution is 6.30. The van der Waals surface area contributed by atoms with Gasteiger partial charge in [-0.05, 0) is 49.9 Å². The van der Waals surface area contributed by atoms with Gasteiger partial charge in [0.1, 0.15) is 5.82 Å². The summed E-state index contributed by atoms with van der Waals surface area (Å²) >= 11 is 5.78. The molecule has 2 rings (SSSR count). The Morgan fingerprint density at radius 3 is 2.20 bits per heavy atom. The molecule has 0 saturated carbocycles. The summed E-state index contributed by atoms with van der Waals surface area (Å²) in [6.45, 7) is 4.17. The topological polar surface area (TPSA) is 26.0 Å². The van der Waals surface area contributed by atoms with E-state index in [1.165, 1.54) is 22.8 Å².